The fraction of sp³-hybridized carbons (Fsp3) is 0.286. The van der Waals surface area contributed by atoms with E-state index in [1.807, 2.05) is 6.92 Å². The smallest absolute Gasteiger partial charge is 0.264 e. The molecule has 1 atom stereocenters. The van der Waals surface area contributed by atoms with Crippen molar-refractivity contribution in [2.24, 2.45) is 0 Å². The quantitative estimate of drug-likeness (QED) is 0.338. The van der Waals surface area contributed by atoms with Gasteiger partial charge in [-0.05, 0) is 54.8 Å². The molecule has 0 aliphatic carbocycles. The van der Waals surface area contributed by atoms with Crippen LogP contribution in [0.4, 0.5) is 10.1 Å². The predicted molar refractivity (Wildman–Crippen MR) is 147 cm³/mol. The lowest BCUT2D eigenvalue weighted by atomic mass is 10.1. The van der Waals surface area contributed by atoms with Crippen LogP contribution in [-0.2, 0) is 26.2 Å². The van der Waals surface area contributed by atoms with E-state index in [4.69, 9.17) is 11.6 Å². The van der Waals surface area contributed by atoms with Gasteiger partial charge in [0.15, 0.2) is 0 Å². The molecule has 0 unspecified atom stereocenters. The monoisotopic (exact) mass is 559 g/mol. The van der Waals surface area contributed by atoms with Crippen LogP contribution in [0.1, 0.15) is 32.3 Å². The molecule has 38 heavy (non-hydrogen) atoms. The number of sulfonamides is 1. The number of hydrogen-bond donors (Lipinski definition) is 1. The number of nitrogens with zero attached hydrogens (tertiary/aromatic N) is 2. The highest BCUT2D eigenvalue weighted by Crippen LogP contribution is 2.30. The van der Waals surface area contributed by atoms with Crippen LogP contribution in [-0.4, -0.2) is 44.3 Å². The van der Waals surface area contributed by atoms with E-state index < -0.39 is 34.3 Å². The van der Waals surface area contributed by atoms with E-state index in [-0.39, 0.29) is 28.1 Å². The van der Waals surface area contributed by atoms with Gasteiger partial charge in [0.1, 0.15) is 18.4 Å². The van der Waals surface area contributed by atoms with Crippen molar-refractivity contribution in [1.82, 2.24) is 10.2 Å². The minimum absolute atomic E-state index is 0.00876. The van der Waals surface area contributed by atoms with E-state index in [2.05, 4.69) is 5.32 Å². The summed E-state index contributed by atoms with van der Waals surface area (Å²) in [7, 11) is -4.20. The molecule has 0 radical (unpaired) electrons. The Kier molecular flexibility index (Phi) is 10.3. The Labute approximate surface area is 228 Å². The molecule has 1 N–H and O–H groups in total. The largest absolute Gasteiger partial charge is 0.354 e. The normalized spacial score (nSPS) is 12.0. The van der Waals surface area contributed by atoms with Crippen LogP contribution in [0.3, 0.4) is 0 Å². The third kappa shape index (κ3) is 7.11. The molecule has 0 saturated carbocycles. The van der Waals surface area contributed by atoms with Crippen molar-refractivity contribution >= 4 is 39.1 Å². The summed E-state index contributed by atoms with van der Waals surface area (Å²) >= 11 is 6.39. The van der Waals surface area contributed by atoms with Crippen molar-refractivity contribution in [3.05, 3.63) is 95.3 Å². The lowest BCUT2D eigenvalue weighted by molar-refractivity contribution is -0.140. The maximum absolute atomic E-state index is 13.9. The molecule has 0 fully saturated rings. The minimum Gasteiger partial charge on any atom is -0.354 e. The van der Waals surface area contributed by atoms with Gasteiger partial charge in [0.05, 0.1) is 15.6 Å². The Morgan fingerprint density at radius 1 is 0.947 bits per heavy atom. The number of anilines is 1. The third-order valence-corrected chi connectivity index (χ3v) is 8.03. The van der Waals surface area contributed by atoms with Gasteiger partial charge in [-0.1, -0.05) is 67.9 Å². The number of hydrogen-bond acceptors (Lipinski definition) is 4. The fourth-order valence-electron chi connectivity index (χ4n) is 3.96. The predicted octanol–water partition coefficient (Wildman–Crippen LogP) is 5.01. The number of nitrogens with one attached hydrogen (secondary N) is 1. The van der Waals surface area contributed by atoms with Crippen LogP contribution in [0.25, 0.3) is 0 Å². The molecule has 202 valence electrons. The summed E-state index contributed by atoms with van der Waals surface area (Å²) < 4.78 is 42.0. The first-order chi connectivity index (χ1) is 18.2. The first kappa shape index (κ1) is 29.1. The van der Waals surface area contributed by atoms with Gasteiger partial charge in [0, 0.05) is 13.1 Å². The second-order valence-corrected chi connectivity index (χ2v) is 10.9. The van der Waals surface area contributed by atoms with E-state index in [1.165, 1.54) is 53.4 Å². The number of halogens is 2. The van der Waals surface area contributed by atoms with Gasteiger partial charge in [0.2, 0.25) is 11.8 Å². The molecule has 10 heteroatoms. The Morgan fingerprint density at radius 3 is 2.18 bits per heavy atom. The number of carbonyl (C=O) groups is 2. The molecule has 0 aliphatic rings. The average Bonchev–Trinajstić information content (AvgIpc) is 2.92. The van der Waals surface area contributed by atoms with Gasteiger partial charge in [-0.3, -0.25) is 13.9 Å². The third-order valence-electron chi connectivity index (χ3n) is 5.93. The van der Waals surface area contributed by atoms with E-state index in [9.17, 15) is 22.4 Å². The second kappa shape index (κ2) is 13.4. The molecule has 7 nitrogen and oxygen atoms in total. The Morgan fingerprint density at radius 2 is 1.58 bits per heavy atom. The maximum atomic E-state index is 13.9. The molecule has 2 amide bonds. The van der Waals surface area contributed by atoms with Crippen molar-refractivity contribution in [3.8, 4) is 0 Å². The van der Waals surface area contributed by atoms with Crippen LogP contribution in [0.2, 0.25) is 5.02 Å². The van der Waals surface area contributed by atoms with E-state index in [0.29, 0.717) is 24.9 Å². The SMILES string of the molecule is CCCNC(=O)[C@@H](CC)N(Cc1ccc(F)cc1)C(=O)CN(c1ccccc1Cl)S(=O)(=O)c1ccccc1. The van der Waals surface area contributed by atoms with Crippen LogP contribution in [0.5, 0.6) is 0 Å². The van der Waals surface area contributed by atoms with E-state index >= 15 is 0 Å². The minimum atomic E-state index is -4.20. The van der Waals surface area contributed by atoms with E-state index in [1.54, 1.807) is 37.3 Å². The standard InChI is InChI=1S/C28H31ClFN3O4S/c1-3-18-31-28(35)25(4-2)32(19-21-14-16-22(30)17-15-21)27(34)20-33(26-13-9-8-12-24(26)29)38(36,37)23-10-6-5-7-11-23/h5-17,25H,3-4,18-20H2,1-2H3,(H,31,35)/t25-/m1/s1. The molecule has 0 bridgehead atoms. The van der Waals surface area contributed by atoms with Crippen LogP contribution >= 0.6 is 11.6 Å². The summed E-state index contributed by atoms with van der Waals surface area (Å²) in [6.07, 6.45) is 1.00. The Bertz CT molecular complexity index is 1340. The number of benzene rings is 3. The topological polar surface area (TPSA) is 86.8 Å². The Hall–Kier alpha value is -3.43. The first-order valence-corrected chi connectivity index (χ1v) is 14.1. The highest BCUT2D eigenvalue weighted by atomic mass is 35.5. The summed E-state index contributed by atoms with van der Waals surface area (Å²) in [5, 5.41) is 2.97. The van der Waals surface area contributed by atoms with Crippen molar-refractivity contribution in [2.45, 2.75) is 44.2 Å². The van der Waals surface area contributed by atoms with E-state index in [0.717, 1.165) is 4.31 Å². The molecule has 0 aromatic heterocycles. The summed E-state index contributed by atoms with van der Waals surface area (Å²) in [6, 6.07) is 18.8. The zero-order valence-electron chi connectivity index (χ0n) is 21.3. The van der Waals surface area contributed by atoms with Gasteiger partial charge < -0.3 is 10.2 Å². The summed E-state index contributed by atoms with van der Waals surface area (Å²) in [5.41, 5.74) is 0.730. The molecule has 0 aliphatic heterocycles. The van der Waals surface area contributed by atoms with Crippen LogP contribution < -0.4 is 9.62 Å². The summed E-state index contributed by atoms with van der Waals surface area (Å²) in [6.45, 7) is 3.51. The molecule has 3 aromatic carbocycles. The molecule has 0 spiro atoms. The van der Waals surface area contributed by atoms with Gasteiger partial charge in [-0.2, -0.15) is 0 Å². The number of rotatable bonds is 12. The van der Waals surface area contributed by atoms with Crippen molar-refractivity contribution < 1.29 is 22.4 Å². The maximum Gasteiger partial charge on any atom is 0.264 e. The lowest BCUT2D eigenvalue weighted by Crippen LogP contribution is -2.52. The fourth-order valence-corrected chi connectivity index (χ4v) is 5.70. The molecule has 3 rings (SSSR count). The highest BCUT2D eigenvalue weighted by Gasteiger charge is 2.34. The van der Waals surface area contributed by atoms with Crippen LogP contribution in [0.15, 0.2) is 83.8 Å². The van der Waals surface area contributed by atoms with Crippen molar-refractivity contribution in [2.75, 3.05) is 17.4 Å². The second-order valence-electron chi connectivity index (χ2n) is 8.64. The summed E-state index contributed by atoms with van der Waals surface area (Å²) in [5.74, 6) is -1.38. The molecule has 3 aromatic rings. The number of para-hydroxylation sites is 1. The number of amides is 2. The Balaban J connectivity index is 2.04. The summed E-state index contributed by atoms with van der Waals surface area (Å²) in [4.78, 5) is 28.2. The van der Waals surface area contributed by atoms with Gasteiger partial charge in [0.25, 0.3) is 10.0 Å². The lowest BCUT2D eigenvalue weighted by Gasteiger charge is -2.33. The van der Waals surface area contributed by atoms with Gasteiger partial charge in [-0.25, -0.2) is 12.8 Å². The molecule has 0 saturated heterocycles. The van der Waals surface area contributed by atoms with Gasteiger partial charge >= 0.3 is 0 Å². The molecule has 0 heterocycles. The highest BCUT2D eigenvalue weighted by molar-refractivity contribution is 7.92. The first-order valence-electron chi connectivity index (χ1n) is 12.3. The molecular formula is C28H31ClFN3O4S. The van der Waals surface area contributed by atoms with Crippen LogP contribution in [0, 0.1) is 5.82 Å². The van der Waals surface area contributed by atoms with Crippen molar-refractivity contribution in [3.63, 3.8) is 0 Å². The number of carbonyl (C=O) groups excluding carboxylic acids is 2. The molecular weight excluding hydrogens is 529 g/mol. The van der Waals surface area contributed by atoms with Crippen molar-refractivity contribution in [1.29, 1.82) is 0 Å². The average molecular weight is 560 g/mol. The zero-order chi connectivity index (χ0) is 27.7. The zero-order valence-corrected chi connectivity index (χ0v) is 22.9. The van der Waals surface area contributed by atoms with Gasteiger partial charge in [-0.15, -0.1) is 0 Å².